The molecule has 0 bridgehead atoms. The van der Waals surface area contributed by atoms with E-state index in [1.54, 1.807) is 19.9 Å². The number of hydrogen-bond acceptors (Lipinski definition) is 3. The Morgan fingerprint density at radius 3 is 2.56 bits per heavy atom. The van der Waals surface area contributed by atoms with Gasteiger partial charge in [-0.25, -0.2) is 4.39 Å². The van der Waals surface area contributed by atoms with Crippen LogP contribution in [-0.4, -0.2) is 28.8 Å². The predicted molar refractivity (Wildman–Crippen MR) is 103 cm³/mol. The van der Waals surface area contributed by atoms with Crippen molar-refractivity contribution in [1.29, 1.82) is 0 Å². The van der Waals surface area contributed by atoms with E-state index in [0.717, 1.165) is 22.3 Å². The normalized spacial score (nSPS) is 15.4. The van der Waals surface area contributed by atoms with Gasteiger partial charge in [-0.2, -0.15) is 0 Å². The van der Waals surface area contributed by atoms with E-state index in [9.17, 15) is 9.50 Å². The number of halogens is 3. The molecule has 0 amide bonds. The SMILES string of the molecule is CC(C)(O)CN1CN(Cc2ccc(Br)cc2)Cc2cc(F)c(Cl)cc21. The molecule has 134 valence electrons. The van der Waals surface area contributed by atoms with Crippen molar-refractivity contribution in [2.45, 2.75) is 32.5 Å². The molecule has 0 radical (unpaired) electrons. The summed E-state index contributed by atoms with van der Waals surface area (Å²) in [6.07, 6.45) is 0. The smallest absolute Gasteiger partial charge is 0.142 e. The zero-order valence-electron chi connectivity index (χ0n) is 14.3. The van der Waals surface area contributed by atoms with Gasteiger partial charge in [0, 0.05) is 29.8 Å². The molecule has 1 aliphatic rings. The van der Waals surface area contributed by atoms with E-state index in [1.165, 1.54) is 11.6 Å². The Bertz CT molecular complexity index is 761. The molecule has 3 nitrogen and oxygen atoms in total. The van der Waals surface area contributed by atoms with Gasteiger partial charge in [-0.3, -0.25) is 4.90 Å². The standard InChI is InChI=1S/C19H21BrClFN2O/c1-19(2,25)11-24-12-23(9-13-3-5-15(20)6-4-13)10-14-7-17(22)16(21)8-18(14)24/h3-8,25H,9-12H2,1-2H3. The van der Waals surface area contributed by atoms with Crippen LogP contribution in [0.4, 0.5) is 10.1 Å². The molecule has 0 aromatic heterocycles. The third-order valence-corrected chi connectivity index (χ3v) is 4.94. The van der Waals surface area contributed by atoms with E-state index in [-0.39, 0.29) is 5.02 Å². The second-order valence-corrected chi connectivity index (χ2v) is 8.48. The van der Waals surface area contributed by atoms with E-state index < -0.39 is 11.4 Å². The second kappa shape index (κ2) is 7.23. The average Bonchev–Trinajstić information content (AvgIpc) is 2.50. The van der Waals surface area contributed by atoms with Gasteiger partial charge in [0.25, 0.3) is 0 Å². The zero-order valence-corrected chi connectivity index (χ0v) is 16.6. The van der Waals surface area contributed by atoms with Crippen LogP contribution >= 0.6 is 27.5 Å². The fraction of sp³-hybridized carbons (Fsp3) is 0.368. The molecule has 2 aromatic carbocycles. The lowest BCUT2D eigenvalue weighted by atomic mass is 10.0. The number of fused-ring (bicyclic) bond motifs is 1. The van der Waals surface area contributed by atoms with Crippen LogP contribution in [0.15, 0.2) is 40.9 Å². The summed E-state index contributed by atoms with van der Waals surface area (Å²) < 4.78 is 15.0. The zero-order chi connectivity index (χ0) is 18.2. The lowest BCUT2D eigenvalue weighted by Crippen LogP contribution is -2.47. The van der Waals surface area contributed by atoms with E-state index in [4.69, 9.17) is 11.6 Å². The molecule has 0 unspecified atom stereocenters. The molecule has 6 heteroatoms. The fourth-order valence-electron chi connectivity index (χ4n) is 3.16. The minimum atomic E-state index is -0.862. The number of hydrogen-bond donors (Lipinski definition) is 1. The van der Waals surface area contributed by atoms with Crippen molar-refractivity contribution in [1.82, 2.24) is 4.90 Å². The quantitative estimate of drug-likeness (QED) is 0.760. The summed E-state index contributed by atoms with van der Waals surface area (Å²) in [6.45, 7) is 6.02. The molecule has 1 heterocycles. The Hall–Kier alpha value is -1.14. The Labute approximate surface area is 161 Å². The number of aliphatic hydroxyl groups is 1. The van der Waals surface area contributed by atoms with Crippen LogP contribution in [0.25, 0.3) is 0 Å². The summed E-state index contributed by atoms with van der Waals surface area (Å²) in [5, 5.41) is 10.4. The van der Waals surface area contributed by atoms with Crippen LogP contribution in [-0.2, 0) is 13.1 Å². The topological polar surface area (TPSA) is 26.7 Å². The van der Waals surface area contributed by atoms with Crippen LogP contribution in [0.2, 0.25) is 5.02 Å². The molecule has 0 saturated carbocycles. The predicted octanol–water partition coefficient (Wildman–Crippen LogP) is 4.79. The highest BCUT2D eigenvalue weighted by Crippen LogP contribution is 2.33. The molecule has 0 spiro atoms. The maximum atomic E-state index is 13.9. The van der Waals surface area contributed by atoms with Crippen molar-refractivity contribution in [3.63, 3.8) is 0 Å². The molecule has 0 saturated heterocycles. The molecule has 1 aliphatic heterocycles. The van der Waals surface area contributed by atoms with Gasteiger partial charge in [0.15, 0.2) is 0 Å². The van der Waals surface area contributed by atoms with Gasteiger partial charge in [-0.05, 0) is 49.2 Å². The third-order valence-electron chi connectivity index (χ3n) is 4.12. The summed E-state index contributed by atoms with van der Waals surface area (Å²) in [6, 6.07) is 11.3. The first-order chi connectivity index (χ1) is 11.7. The molecule has 0 fully saturated rings. The summed E-state index contributed by atoms with van der Waals surface area (Å²) in [7, 11) is 0. The van der Waals surface area contributed by atoms with Crippen molar-refractivity contribution < 1.29 is 9.50 Å². The molecule has 1 N–H and O–H groups in total. The van der Waals surface area contributed by atoms with Crippen molar-refractivity contribution in [3.8, 4) is 0 Å². The molecule has 0 aliphatic carbocycles. The van der Waals surface area contributed by atoms with Crippen LogP contribution in [0.1, 0.15) is 25.0 Å². The third kappa shape index (κ3) is 4.73. The summed E-state index contributed by atoms with van der Waals surface area (Å²) in [5.41, 5.74) is 2.10. The molecule has 25 heavy (non-hydrogen) atoms. The number of nitrogens with zero attached hydrogens (tertiary/aromatic N) is 2. The number of anilines is 1. The van der Waals surface area contributed by atoms with Crippen molar-refractivity contribution >= 4 is 33.2 Å². The molecule has 2 aromatic rings. The molecular formula is C19H21BrClFN2O. The minimum Gasteiger partial charge on any atom is -0.389 e. The van der Waals surface area contributed by atoms with E-state index in [2.05, 4.69) is 37.9 Å². The first-order valence-corrected chi connectivity index (χ1v) is 9.30. The van der Waals surface area contributed by atoms with Crippen LogP contribution < -0.4 is 4.90 Å². The molecule has 3 rings (SSSR count). The van der Waals surface area contributed by atoms with Gasteiger partial charge >= 0.3 is 0 Å². The fourth-order valence-corrected chi connectivity index (χ4v) is 3.59. The second-order valence-electron chi connectivity index (χ2n) is 7.16. The van der Waals surface area contributed by atoms with Gasteiger partial charge in [0.05, 0.1) is 17.3 Å². The highest BCUT2D eigenvalue weighted by molar-refractivity contribution is 9.10. The van der Waals surface area contributed by atoms with Gasteiger partial charge in [0.2, 0.25) is 0 Å². The number of rotatable bonds is 4. The number of benzene rings is 2. The van der Waals surface area contributed by atoms with Crippen LogP contribution in [0, 0.1) is 5.82 Å². The summed E-state index contributed by atoms with van der Waals surface area (Å²) in [5.74, 6) is -0.408. The van der Waals surface area contributed by atoms with E-state index in [1.807, 2.05) is 12.1 Å². The van der Waals surface area contributed by atoms with Crippen LogP contribution in [0.3, 0.4) is 0 Å². The maximum Gasteiger partial charge on any atom is 0.142 e. The molecule has 0 atom stereocenters. The van der Waals surface area contributed by atoms with Gasteiger partial charge in [-0.1, -0.05) is 39.7 Å². The first-order valence-electron chi connectivity index (χ1n) is 8.13. The van der Waals surface area contributed by atoms with Crippen molar-refractivity contribution in [2.75, 3.05) is 18.1 Å². The van der Waals surface area contributed by atoms with Gasteiger partial charge in [0.1, 0.15) is 5.82 Å². The van der Waals surface area contributed by atoms with Crippen molar-refractivity contribution in [2.24, 2.45) is 0 Å². The van der Waals surface area contributed by atoms with Crippen molar-refractivity contribution in [3.05, 3.63) is 62.8 Å². The van der Waals surface area contributed by atoms with Gasteiger partial charge in [-0.15, -0.1) is 0 Å². The van der Waals surface area contributed by atoms with Crippen LogP contribution in [0.5, 0.6) is 0 Å². The Morgan fingerprint density at radius 2 is 1.92 bits per heavy atom. The monoisotopic (exact) mass is 426 g/mol. The van der Waals surface area contributed by atoms with E-state index in [0.29, 0.717) is 19.8 Å². The average molecular weight is 428 g/mol. The first kappa shape index (κ1) is 18.6. The Balaban J connectivity index is 1.88. The Morgan fingerprint density at radius 1 is 1.24 bits per heavy atom. The summed E-state index contributed by atoms with van der Waals surface area (Å²) in [4.78, 5) is 4.29. The largest absolute Gasteiger partial charge is 0.389 e. The highest BCUT2D eigenvalue weighted by atomic mass is 79.9. The maximum absolute atomic E-state index is 13.9. The Kier molecular flexibility index (Phi) is 5.40. The number of β-amino-alcohol motifs (C(OH)–C–C–N with tert-alkyl or cyclic N) is 1. The highest BCUT2D eigenvalue weighted by Gasteiger charge is 2.28. The lowest BCUT2D eigenvalue weighted by molar-refractivity contribution is 0.0814. The van der Waals surface area contributed by atoms with E-state index >= 15 is 0 Å². The van der Waals surface area contributed by atoms with Gasteiger partial charge < -0.3 is 10.0 Å². The summed E-state index contributed by atoms with van der Waals surface area (Å²) >= 11 is 9.43. The lowest BCUT2D eigenvalue weighted by Gasteiger charge is -2.41. The molecular weight excluding hydrogens is 407 g/mol. The minimum absolute atomic E-state index is 0.112.